The van der Waals surface area contributed by atoms with Crippen molar-refractivity contribution >= 4 is 26.5 Å². The van der Waals surface area contributed by atoms with Gasteiger partial charge in [0.2, 0.25) is 0 Å². The van der Waals surface area contributed by atoms with Gasteiger partial charge in [-0.1, -0.05) is 0 Å². The van der Waals surface area contributed by atoms with Crippen LogP contribution in [0.3, 0.4) is 0 Å². The van der Waals surface area contributed by atoms with Crippen molar-refractivity contribution in [2.75, 3.05) is 0 Å². The van der Waals surface area contributed by atoms with Crippen molar-refractivity contribution in [3.8, 4) is 0 Å². The molecule has 1 saturated heterocycles. The summed E-state index contributed by atoms with van der Waals surface area (Å²) in [4.78, 5) is 2.34. The molecule has 0 bridgehead atoms. The summed E-state index contributed by atoms with van der Waals surface area (Å²) >= 11 is -1.70. The van der Waals surface area contributed by atoms with Gasteiger partial charge in [-0.05, 0) is 0 Å². The van der Waals surface area contributed by atoms with E-state index in [9.17, 15) is 0 Å². The van der Waals surface area contributed by atoms with Crippen LogP contribution in [0.15, 0.2) is 0 Å². The normalized spacial score (nSPS) is 32.9. The molecule has 7 heavy (non-hydrogen) atoms. The fourth-order valence-corrected chi connectivity index (χ4v) is 9.25. The van der Waals surface area contributed by atoms with Gasteiger partial charge in [0.25, 0.3) is 0 Å². The Labute approximate surface area is 52.9 Å². The zero-order chi connectivity index (χ0) is 5.33. The van der Waals surface area contributed by atoms with E-state index in [2.05, 4.69) is 4.87 Å². The zero-order valence-corrected chi connectivity index (χ0v) is 8.32. The van der Waals surface area contributed by atoms with Gasteiger partial charge in [-0.25, -0.2) is 0 Å². The van der Waals surface area contributed by atoms with Crippen LogP contribution in [-0.2, 0) is 0 Å². The first-order chi connectivity index (χ1) is 3.21. The van der Waals surface area contributed by atoms with E-state index in [0.717, 1.165) is 0 Å². The molecule has 0 nitrogen and oxygen atoms in total. The van der Waals surface area contributed by atoms with Crippen LogP contribution in [0.5, 0.6) is 0 Å². The Morgan fingerprint density at radius 3 is 1.86 bits per heavy atom. The summed E-state index contributed by atoms with van der Waals surface area (Å²) in [6.07, 6.45) is 2.85. The van der Waals surface area contributed by atoms with Crippen LogP contribution in [0.4, 0.5) is 0 Å². The Hall–Kier alpha value is 1.11. The first-order valence-corrected chi connectivity index (χ1v) is 13.4. The fourth-order valence-electron chi connectivity index (χ4n) is 1.11. The second-order valence-corrected chi connectivity index (χ2v) is 19.7. The van der Waals surface area contributed by atoms with E-state index in [1.165, 1.54) is 21.6 Å². The fraction of sp³-hybridized carbons (Fsp3) is 1.00. The standard InChI is InChI=1S/C4H8.CH3.ClH.Sb.H/c1-3-4-2;;;;/h1-4H2;1H3;1H;;/q;;;+1;/p-1. The quantitative estimate of drug-likeness (QED) is 0.559. The molecule has 1 heterocycles. The molecule has 0 radical (unpaired) electrons. The SMILES string of the molecule is [CH3][SbH]1([Cl])[CH2]CC[CH2]1. The predicted molar refractivity (Wildman–Crippen MR) is 37.7 cm³/mol. The summed E-state index contributed by atoms with van der Waals surface area (Å²) in [6.45, 7) is 0. The average Bonchev–Trinajstić information content (AvgIpc) is 1.84. The van der Waals surface area contributed by atoms with E-state index in [1.54, 1.807) is 0 Å². The molecule has 0 aromatic carbocycles. The van der Waals surface area contributed by atoms with Gasteiger partial charge in [0.1, 0.15) is 0 Å². The third-order valence-corrected chi connectivity index (χ3v) is 12.2. The van der Waals surface area contributed by atoms with Crippen molar-refractivity contribution in [3.63, 3.8) is 0 Å². The molecule has 0 aliphatic carbocycles. The molecular weight excluding hydrogens is 217 g/mol. The minimum atomic E-state index is -1.70. The Morgan fingerprint density at radius 1 is 1.29 bits per heavy atom. The second-order valence-electron chi connectivity index (χ2n) is 2.62. The minimum absolute atomic E-state index is 1.43. The topological polar surface area (TPSA) is 0 Å². The predicted octanol–water partition coefficient (Wildman–Crippen LogP) is 2.33. The van der Waals surface area contributed by atoms with Crippen molar-refractivity contribution in [3.05, 3.63) is 0 Å². The zero-order valence-electron chi connectivity index (χ0n) is 4.71. The van der Waals surface area contributed by atoms with Gasteiger partial charge in [-0.15, -0.1) is 0 Å². The molecule has 1 aliphatic rings. The molecule has 0 atom stereocenters. The summed E-state index contributed by atoms with van der Waals surface area (Å²) in [6, 6.07) is 0. The Bertz CT molecular complexity index is 62.5. The van der Waals surface area contributed by atoms with E-state index in [0.29, 0.717) is 0 Å². The molecule has 1 aliphatic heterocycles. The molecule has 0 aromatic heterocycles. The molecule has 0 aromatic rings. The molecule has 1 fully saturated rings. The monoisotopic (exact) mass is 228 g/mol. The van der Waals surface area contributed by atoms with Crippen LogP contribution in [0, 0.1) is 0 Å². The number of hydrogen-bond acceptors (Lipinski definition) is 0. The van der Waals surface area contributed by atoms with Crippen LogP contribution >= 0.6 is 8.83 Å². The Morgan fingerprint density at radius 2 is 1.71 bits per heavy atom. The third kappa shape index (κ3) is 1.82. The van der Waals surface area contributed by atoms with Crippen molar-refractivity contribution in [1.82, 2.24) is 0 Å². The van der Waals surface area contributed by atoms with Crippen LogP contribution in [0.2, 0.25) is 13.6 Å². The maximum atomic E-state index is 6.18. The van der Waals surface area contributed by atoms with Gasteiger partial charge in [-0.2, -0.15) is 0 Å². The average molecular weight is 229 g/mol. The van der Waals surface area contributed by atoms with Gasteiger partial charge in [0.15, 0.2) is 0 Å². The van der Waals surface area contributed by atoms with Gasteiger partial charge in [0.05, 0.1) is 0 Å². The Kier molecular flexibility index (Phi) is 1.91. The summed E-state index contributed by atoms with van der Waals surface area (Å²) in [5.74, 6) is 0. The molecular formula is C5H12ClSb. The van der Waals surface area contributed by atoms with Crippen molar-refractivity contribution in [2.24, 2.45) is 0 Å². The molecule has 0 saturated carbocycles. The van der Waals surface area contributed by atoms with Crippen LogP contribution in [0.25, 0.3) is 0 Å². The second kappa shape index (κ2) is 2.15. The molecule has 0 N–H and O–H groups in total. The maximum absolute atomic E-state index is 6.18. The van der Waals surface area contributed by atoms with Crippen LogP contribution < -0.4 is 0 Å². The molecule has 0 unspecified atom stereocenters. The summed E-state index contributed by atoms with van der Waals surface area (Å²) < 4.78 is 2.85. The third-order valence-electron chi connectivity index (χ3n) is 1.65. The van der Waals surface area contributed by atoms with E-state index >= 15 is 0 Å². The summed E-state index contributed by atoms with van der Waals surface area (Å²) in [5.41, 5.74) is 0. The van der Waals surface area contributed by atoms with E-state index in [-0.39, 0.29) is 0 Å². The Balaban J connectivity index is 2.40. The summed E-state index contributed by atoms with van der Waals surface area (Å²) in [7, 11) is 6.18. The number of halogens is 1. The molecule has 0 spiro atoms. The van der Waals surface area contributed by atoms with E-state index in [4.69, 9.17) is 8.83 Å². The summed E-state index contributed by atoms with van der Waals surface area (Å²) in [5, 5.41) is 0. The number of hydrogen-bond donors (Lipinski definition) is 0. The number of rotatable bonds is 0. The van der Waals surface area contributed by atoms with Crippen molar-refractivity contribution in [2.45, 2.75) is 26.4 Å². The molecule has 0 amide bonds. The first-order valence-electron chi connectivity index (χ1n) is 2.90. The van der Waals surface area contributed by atoms with E-state index < -0.39 is 17.7 Å². The van der Waals surface area contributed by atoms with Crippen LogP contribution in [-0.4, -0.2) is 17.7 Å². The van der Waals surface area contributed by atoms with Crippen LogP contribution in [0.1, 0.15) is 12.8 Å². The molecule has 1 rings (SSSR count). The first kappa shape index (κ1) is 6.23. The van der Waals surface area contributed by atoms with Crippen molar-refractivity contribution < 1.29 is 0 Å². The van der Waals surface area contributed by atoms with E-state index in [1.807, 2.05) is 0 Å². The van der Waals surface area contributed by atoms with Crippen molar-refractivity contribution in [1.29, 1.82) is 0 Å². The van der Waals surface area contributed by atoms with Gasteiger partial charge in [-0.3, -0.25) is 0 Å². The van der Waals surface area contributed by atoms with Gasteiger partial charge >= 0.3 is 52.9 Å². The van der Waals surface area contributed by atoms with Gasteiger partial charge in [0, 0.05) is 0 Å². The van der Waals surface area contributed by atoms with Gasteiger partial charge < -0.3 is 0 Å². The molecule has 44 valence electrons. The molecule has 2 heteroatoms.